The molecule has 1 aromatic heterocycles. The van der Waals surface area contributed by atoms with Crippen LogP contribution in [-0.2, 0) is 11.3 Å². The van der Waals surface area contributed by atoms with Gasteiger partial charge in [0.1, 0.15) is 12.4 Å². The van der Waals surface area contributed by atoms with Gasteiger partial charge in [-0.2, -0.15) is 0 Å². The van der Waals surface area contributed by atoms with Crippen LogP contribution in [0.5, 0.6) is 5.75 Å². The molecule has 21 heavy (non-hydrogen) atoms. The van der Waals surface area contributed by atoms with Crippen molar-refractivity contribution in [2.75, 3.05) is 7.11 Å². The van der Waals surface area contributed by atoms with Gasteiger partial charge in [0, 0.05) is 17.8 Å². The molecule has 2 aromatic carbocycles. The number of carbonyl (C=O) groups is 1. The molecule has 0 aliphatic heterocycles. The van der Waals surface area contributed by atoms with E-state index in [4.69, 9.17) is 4.74 Å². The number of nitrogens with one attached hydrogen (secondary N) is 1. The highest BCUT2D eigenvalue weighted by Crippen LogP contribution is 2.20. The maximum Gasteiger partial charge on any atom is 0.337 e. The van der Waals surface area contributed by atoms with Gasteiger partial charge in [-0.3, -0.25) is 0 Å². The molecule has 0 bridgehead atoms. The number of benzene rings is 2. The van der Waals surface area contributed by atoms with E-state index in [-0.39, 0.29) is 5.97 Å². The van der Waals surface area contributed by atoms with Crippen LogP contribution in [0.25, 0.3) is 10.9 Å². The van der Waals surface area contributed by atoms with E-state index in [2.05, 4.69) is 9.72 Å². The van der Waals surface area contributed by atoms with E-state index in [1.165, 1.54) is 7.11 Å². The average Bonchev–Trinajstić information content (AvgIpc) is 3.00. The number of carbonyl (C=O) groups excluding carboxylic acids is 1. The lowest BCUT2D eigenvalue weighted by atomic mass is 10.1. The smallest absolute Gasteiger partial charge is 0.337 e. The molecule has 4 heteroatoms. The third-order valence-electron chi connectivity index (χ3n) is 3.31. The average molecular weight is 281 g/mol. The number of ether oxygens (including phenoxy) is 2. The van der Waals surface area contributed by atoms with Gasteiger partial charge in [0.25, 0.3) is 0 Å². The van der Waals surface area contributed by atoms with Crippen LogP contribution in [0, 0.1) is 0 Å². The Balaban J connectivity index is 1.67. The standard InChI is InChI=1S/C17H15NO3/c1-20-17(19)14-4-2-12(3-5-14)11-21-15-7-6-13-8-9-18-16(13)10-15/h2-10,18H,11H2,1H3. The highest BCUT2D eigenvalue weighted by Gasteiger charge is 2.05. The Kier molecular flexibility index (Phi) is 3.60. The number of hydrogen-bond acceptors (Lipinski definition) is 3. The Bertz CT molecular complexity index is 759. The number of H-pyrrole nitrogens is 1. The number of aromatic nitrogens is 1. The van der Waals surface area contributed by atoms with Crippen molar-refractivity contribution in [1.29, 1.82) is 0 Å². The summed E-state index contributed by atoms with van der Waals surface area (Å²) < 4.78 is 10.4. The van der Waals surface area contributed by atoms with E-state index in [9.17, 15) is 4.79 Å². The molecule has 106 valence electrons. The lowest BCUT2D eigenvalue weighted by Crippen LogP contribution is -2.01. The Labute approximate surface area is 122 Å². The van der Waals surface area contributed by atoms with Gasteiger partial charge < -0.3 is 14.5 Å². The van der Waals surface area contributed by atoms with Gasteiger partial charge in [-0.05, 0) is 41.3 Å². The van der Waals surface area contributed by atoms with E-state index in [0.29, 0.717) is 12.2 Å². The lowest BCUT2D eigenvalue weighted by molar-refractivity contribution is 0.0600. The normalized spacial score (nSPS) is 10.5. The molecule has 0 amide bonds. The van der Waals surface area contributed by atoms with Crippen LogP contribution in [0.2, 0.25) is 0 Å². The van der Waals surface area contributed by atoms with Crippen molar-refractivity contribution < 1.29 is 14.3 Å². The second-order valence-electron chi connectivity index (χ2n) is 4.70. The maximum atomic E-state index is 11.3. The van der Waals surface area contributed by atoms with E-state index in [1.54, 1.807) is 12.1 Å². The zero-order valence-electron chi connectivity index (χ0n) is 11.6. The van der Waals surface area contributed by atoms with Crippen molar-refractivity contribution in [1.82, 2.24) is 4.98 Å². The molecule has 0 saturated carbocycles. The van der Waals surface area contributed by atoms with Gasteiger partial charge >= 0.3 is 5.97 Å². The van der Waals surface area contributed by atoms with Crippen LogP contribution in [-0.4, -0.2) is 18.1 Å². The summed E-state index contributed by atoms with van der Waals surface area (Å²) in [6.45, 7) is 0.452. The predicted molar refractivity (Wildman–Crippen MR) is 80.4 cm³/mol. The Morgan fingerprint density at radius 2 is 1.90 bits per heavy atom. The molecule has 0 saturated heterocycles. The van der Waals surface area contributed by atoms with Gasteiger partial charge in [0.15, 0.2) is 0 Å². The van der Waals surface area contributed by atoms with Crippen molar-refractivity contribution in [3.05, 3.63) is 65.9 Å². The molecule has 3 aromatic rings. The van der Waals surface area contributed by atoms with Crippen molar-refractivity contribution in [2.45, 2.75) is 6.61 Å². The van der Waals surface area contributed by atoms with Crippen molar-refractivity contribution in [2.24, 2.45) is 0 Å². The fraction of sp³-hybridized carbons (Fsp3) is 0.118. The lowest BCUT2D eigenvalue weighted by Gasteiger charge is -2.07. The SMILES string of the molecule is COC(=O)c1ccc(COc2ccc3cc[nH]c3c2)cc1. The third kappa shape index (κ3) is 2.89. The summed E-state index contributed by atoms with van der Waals surface area (Å²) in [5, 5.41) is 1.16. The molecule has 1 N–H and O–H groups in total. The van der Waals surface area contributed by atoms with Crippen molar-refractivity contribution in [3.63, 3.8) is 0 Å². The van der Waals surface area contributed by atoms with Gasteiger partial charge in [-0.15, -0.1) is 0 Å². The monoisotopic (exact) mass is 281 g/mol. The molecule has 1 heterocycles. The van der Waals surface area contributed by atoms with Crippen LogP contribution in [0.15, 0.2) is 54.7 Å². The fourth-order valence-electron chi connectivity index (χ4n) is 2.14. The molecule has 0 radical (unpaired) electrons. The summed E-state index contributed by atoms with van der Waals surface area (Å²) in [6.07, 6.45) is 1.90. The minimum Gasteiger partial charge on any atom is -0.489 e. The second kappa shape index (κ2) is 5.71. The van der Waals surface area contributed by atoms with Crippen molar-refractivity contribution in [3.8, 4) is 5.75 Å². The van der Waals surface area contributed by atoms with E-state index in [1.807, 2.05) is 42.6 Å². The number of rotatable bonds is 4. The van der Waals surface area contributed by atoms with E-state index in [0.717, 1.165) is 22.2 Å². The summed E-state index contributed by atoms with van der Waals surface area (Å²) in [7, 11) is 1.37. The summed E-state index contributed by atoms with van der Waals surface area (Å²) >= 11 is 0. The molecule has 4 nitrogen and oxygen atoms in total. The minimum atomic E-state index is -0.334. The van der Waals surface area contributed by atoms with Crippen LogP contribution in [0.4, 0.5) is 0 Å². The second-order valence-corrected chi connectivity index (χ2v) is 4.70. The fourth-order valence-corrected chi connectivity index (χ4v) is 2.14. The maximum absolute atomic E-state index is 11.3. The number of hydrogen-bond donors (Lipinski definition) is 1. The largest absolute Gasteiger partial charge is 0.489 e. The first-order valence-electron chi connectivity index (χ1n) is 6.63. The number of aromatic amines is 1. The van der Waals surface area contributed by atoms with Crippen LogP contribution < -0.4 is 4.74 Å². The zero-order chi connectivity index (χ0) is 14.7. The molecule has 0 atom stereocenters. The highest BCUT2D eigenvalue weighted by molar-refractivity contribution is 5.89. The number of esters is 1. The minimum absolute atomic E-state index is 0.334. The Morgan fingerprint density at radius 3 is 2.67 bits per heavy atom. The Hall–Kier alpha value is -2.75. The molecule has 0 aliphatic rings. The molecule has 0 spiro atoms. The molecule has 3 rings (SSSR count). The molecule has 0 fully saturated rings. The van der Waals surface area contributed by atoms with E-state index < -0.39 is 0 Å². The first-order chi connectivity index (χ1) is 10.3. The topological polar surface area (TPSA) is 51.3 Å². The Morgan fingerprint density at radius 1 is 1.10 bits per heavy atom. The van der Waals surface area contributed by atoms with Gasteiger partial charge in [0.05, 0.1) is 12.7 Å². The van der Waals surface area contributed by atoms with Gasteiger partial charge in [-0.1, -0.05) is 12.1 Å². The quantitative estimate of drug-likeness (QED) is 0.744. The molecular weight excluding hydrogens is 266 g/mol. The summed E-state index contributed by atoms with van der Waals surface area (Å²) in [6, 6.07) is 15.1. The number of methoxy groups -OCH3 is 1. The summed E-state index contributed by atoms with van der Waals surface area (Å²) in [4.78, 5) is 14.5. The van der Waals surface area contributed by atoms with Gasteiger partial charge in [0.2, 0.25) is 0 Å². The molecular formula is C17H15NO3. The van der Waals surface area contributed by atoms with Crippen LogP contribution >= 0.6 is 0 Å². The summed E-state index contributed by atoms with van der Waals surface area (Å²) in [5.74, 6) is 0.474. The first-order valence-corrected chi connectivity index (χ1v) is 6.63. The van der Waals surface area contributed by atoms with Crippen LogP contribution in [0.3, 0.4) is 0 Å². The summed E-state index contributed by atoms with van der Waals surface area (Å²) in [5.41, 5.74) is 2.58. The van der Waals surface area contributed by atoms with Crippen LogP contribution in [0.1, 0.15) is 15.9 Å². The first kappa shape index (κ1) is 13.2. The zero-order valence-corrected chi connectivity index (χ0v) is 11.6. The number of fused-ring (bicyclic) bond motifs is 1. The predicted octanol–water partition coefficient (Wildman–Crippen LogP) is 3.53. The molecule has 0 aliphatic carbocycles. The van der Waals surface area contributed by atoms with Crippen molar-refractivity contribution >= 4 is 16.9 Å². The highest BCUT2D eigenvalue weighted by atomic mass is 16.5. The van der Waals surface area contributed by atoms with E-state index >= 15 is 0 Å². The third-order valence-corrected chi connectivity index (χ3v) is 3.31. The van der Waals surface area contributed by atoms with Gasteiger partial charge in [-0.25, -0.2) is 4.79 Å². The molecule has 0 unspecified atom stereocenters.